The first-order valence-electron chi connectivity index (χ1n) is 8.88. The zero-order chi connectivity index (χ0) is 16.5. The molecule has 2 aliphatic rings. The van der Waals surface area contributed by atoms with E-state index in [2.05, 4.69) is 24.8 Å². The first-order chi connectivity index (χ1) is 11.7. The summed E-state index contributed by atoms with van der Waals surface area (Å²) in [5.41, 5.74) is 1.41. The van der Waals surface area contributed by atoms with E-state index in [1.165, 1.54) is 38.4 Å². The quantitative estimate of drug-likeness (QED) is 0.928. The molecule has 1 saturated heterocycles. The van der Waals surface area contributed by atoms with Gasteiger partial charge in [-0.05, 0) is 31.6 Å². The molecule has 4 rings (SSSR count). The van der Waals surface area contributed by atoms with Crippen molar-refractivity contribution in [3.63, 3.8) is 0 Å². The Kier molecular flexibility index (Phi) is 4.08. The fourth-order valence-corrected chi connectivity index (χ4v) is 4.34. The number of likely N-dealkylation sites (tertiary alicyclic amines) is 1. The lowest BCUT2D eigenvalue weighted by atomic mass is 9.96. The van der Waals surface area contributed by atoms with Gasteiger partial charge in [0.1, 0.15) is 11.8 Å². The van der Waals surface area contributed by atoms with Crippen molar-refractivity contribution in [2.24, 2.45) is 5.92 Å². The lowest BCUT2D eigenvalue weighted by molar-refractivity contribution is -0.131. The summed E-state index contributed by atoms with van der Waals surface area (Å²) in [7, 11) is 1.90. The standard InChI is InChI=1S/C17H24N6O/c1-22(17-15-16(19-10-18-15)20-11-21-17)9-14(24)23-8-4-7-13(23)12-5-2-3-6-12/h10-13H,2-9H2,1H3,(H,18,19,20,21)/t13-/m0/s1. The molecule has 1 aliphatic heterocycles. The van der Waals surface area contributed by atoms with Crippen molar-refractivity contribution < 1.29 is 4.79 Å². The molecular weight excluding hydrogens is 304 g/mol. The van der Waals surface area contributed by atoms with Gasteiger partial charge in [0, 0.05) is 19.6 Å². The van der Waals surface area contributed by atoms with Gasteiger partial charge in [0.05, 0.1) is 12.9 Å². The van der Waals surface area contributed by atoms with E-state index in [1.54, 1.807) is 6.33 Å². The lowest BCUT2D eigenvalue weighted by Gasteiger charge is -2.31. The highest BCUT2D eigenvalue weighted by molar-refractivity contribution is 5.87. The minimum Gasteiger partial charge on any atom is -0.348 e. The molecule has 1 saturated carbocycles. The molecule has 0 aromatic carbocycles. The van der Waals surface area contributed by atoms with E-state index >= 15 is 0 Å². The van der Waals surface area contributed by atoms with Gasteiger partial charge in [-0.2, -0.15) is 0 Å². The van der Waals surface area contributed by atoms with E-state index in [-0.39, 0.29) is 5.91 Å². The summed E-state index contributed by atoms with van der Waals surface area (Å²) in [6, 6.07) is 0.450. The van der Waals surface area contributed by atoms with Crippen molar-refractivity contribution in [3.05, 3.63) is 12.7 Å². The third kappa shape index (κ3) is 2.72. The monoisotopic (exact) mass is 328 g/mol. The maximum absolute atomic E-state index is 12.9. The first kappa shape index (κ1) is 15.4. The summed E-state index contributed by atoms with van der Waals surface area (Å²) in [6.45, 7) is 1.24. The van der Waals surface area contributed by atoms with E-state index in [0.717, 1.165) is 24.3 Å². The van der Waals surface area contributed by atoms with Gasteiger partial charge in [-0.25, -0.2) is 15.0 Å². The first-order valence-corrected chi connectivity index (χ1v) is 8.88. The Morgan fingerprint density at radius 3 is 2.92 bits per heavy atom. The second-order valence-electron chi connectivity index (χ2n) is 7.00. The van der Waals surface area contributed by atoms with Crippen LogP contribution in [0, 0.1) is 5.92 Å². The minimum atomic E-state index is 0.207. The summed E-state index contributed by atoms with van der Waals surface area (Å²) in [5, 5.41) is 0. The molecular formula is C17H24N6O. The Balaban J connectivity index is 1.48. The van der Waals surface area contributed by atoms with Crippen LogP contribution in [0.2, 0.25) is 0 Å². The maximum Gasteiger partial charge on any atom is 0.242 e. The number of hydrogen-bond acceptors (Lipinski definition) is 5. The number of likely N-dealkylation sites (N-methyl/N-ethyl adjacent to an activating group) is 1. The topological polar surface area (TPSA) is 78.0 Å². The van der Waals surface area contributed by atoms with Gasteiger partial charge in [-0.1, -0.05) is 12.8 Å². The molecule has 128 valence electrons. The van der Waals surface area contributed by atoms with Crippen LogP contribution < -0.4 is 4.90 Å². The van der Waals surface area contributed by atoms with Crippen LogP contribution in [-0.4, -0.2) is 56.9 Å². The van der Waals surface area contributed by atoms with E-state index in [0.29, 0.717) is 24.2 Å². The number of aromatic amines is 1. The zero-order valence-corrected chi connectivity index (χ0v) is 14.1. The Morgan fingerprint density at radius 2 is 2.08 bits per heavy atom. The molecule has 0 unspecified atom stereocenters. The smallest absolute Gasteiger partial charge is 0.242 e. The second kappa shape index (κ2) is 6.37. The van der Waals surface area contributed by atoms with E-state index in [9.17, 15) is 4.79 Å². The highest BCUT2D eigenvalue weighted by Crippen LogP contribution is 2.35. The number of carbonyl (C=O) groups excluding carboxylic acids is 1. The molecule has 1 aliphatic carbocycles. The van der Waals surface area contributed by atoms with Gasteiger partial charge in [0.2, 0.25) is 5.91 Å². The van der Waals surface area contributed by atoms with Gasteiger partial charge in [0.15, 0.2) is 11.5 Å². The highest BCUT2D eigenvalue weighted by Gasteiger charge is 2.36. The second-order valence-corrected chi connectivity index (χ2v) is 7.00. The highest BCUT2D eigenvalue weighted by atomic mass is 16.2. The maximum atomic E-state index is 12.9. The number of imidazole rings is 1. The number of nitrogens with one attached hydrogen (secondary N) is 1. The number of aromatic nitrogens is 4. The van der Waals surface area contributed by atoms with Crippen molar-refractivity contribution in [1.29, 1.82) is 0 Å². The Morgan fingerprint density at radius 1 is 1.25 bits per heavy atom. The van der Waals surface area contributed by atoms with Crippen LogP contribution in [0.5, 0.6) is 0 Å². The summed E-state index contributed by atoms with van der Waals surface area (Å²) < 4.78 is 0. The van der Waals surface area contributed by atoms with Crippen molar-refractivity contribution in [2.75, 3.05) is 25.0 Å². The summed E-state index contributed by atoms with van der Waals surface area (Å²) >= 11 is 0. The molecule has 0 radical (unpaired) electrons. The summed E-state index contributed by atoms with van der Waals surface area (Å²) in [4.78, 5) is 32.6. The molecule has 1 amide bonds. The van der Waals surface area contributed by atoms with Crippen molar-refractivity contribution in [3.8, 4) is 0 Å². The molecule has 7 nitrogen and oxygen atoms in total. The van der Waals surface area contributed by atoms with Crippen LogP contribution in [-0.2, 0) is 4.79 Å². The SMILES string of the molecule is CN(CC(=O)N1CCC[C@H]1C1CCCC1)c1ncnc2nc[nH]c12. The number of amides is 1. The molecule has 3 heterocycles. The van der Waals surface area contributed by atoms with Gasteiger partial charge < -0.3 is 14.8 Å². The van der Waals surface area contributed by atoms with Crippen molar-refractivity contribution in [2.45, 2.75) is 44.6 Å². The third-order valence-electron chi connectivity index (χ3n) is 5.50. The Bertz CT molecular complexity index is 723. The van der Waals surface area contributed by atoms with Crippen LogP contribution >= 0.6 is 0 Å². The Hall–Kier alpha value is -2.18. The average molecular weight is 328 g/mol. The summed E-state index contributed by atoms with van der Waals surface area (Å²) in [6.07, 6.45) is 10.6. The fourth-order valence-electron chi connectivity index (χ4n) is 4.34. The molecule has 2 fully saturated rings. The number of carbonyl (C=O) groups is 1. The predicted molar refractivity (Wildman–Crippen MR) is 91.6 cm³/mol. The van der Waals surface area contributed by atoms with Crippen LogP contribution in [0.1, 0.15) is 38.5 Å². The van der Waals surface area contributed by atoms with Crippen molar-refractivity contribution in [1.82, 2.24) is 24.8 Å². The van der Waals surface area contributed by atoms with E-state index in [4.69, 9.17) is 0 Å². The molecule has 0 spiro atoms. The Labute approximate surface area is 141 Å². The van der Waals surface area contributed by atoms with Crippen LogP contribution in [0.3, 0.4) is 0 Å². The molecule has 1 atom stereocenters. The summed E-state index contributed by atoms with van der Waals surface area (Å²) in [5.74, 6) is 1.64. The molecule has 2 aromatic rings. The largest absolute Gasteiger partial charge is 0.348 e. The molecule has 0 bridgehead atoms. The lowest BCUT2D eigenvalue weighted by Crippen LogP contribution is -2.44. The molecule has 2 aromatic heterocycles. The fraction of sp³-hybridized carbons (Fsp3) is 0.647. The number of nitrogens with zero attached hydrogens (tertiary/aromatic N) is 5. The number of anilines is 1. The van der Waals surface area contributed by atoms with Crippen LogP contribution in [0.15, 0.2) is 12.7 Å². The van der Waals surface area contributed by atoms with Crippen LogP contribution in [0.25, 0.3) is 11.2 Å². The average Bonchev–Trinajstić information content (AvgIpc) is 3.32. The van der Waals surface area contributed by atoms with Gasteiger partial charge in [0.25, 0.3) is 0 Å². The molecule has 24 heavy (non-hydrogen) atoms. The van der Waals surface area contributed by atoms with Gasteiger partial charge >= 0.3 is 0 Å². The van der Waals surface area contributed by atoms with Crippen LogP contribution in [0.4, 0.5) is 5.82 Å². The molecule has 7 heteroatoms. The zero-order valence-electron chi connectivity index (χ0n) is 14.1. The number of rotatable bonds is 4. The minimum absolute atomic E-state index is 0.207. The normalized spacial score (nSPS) is 21.7. The number of H-pyrrole nitrogens is 1. The predicted octanol–water partition coefficient (Wildman–Crippen LogP) is 1.97. The third-order valence-corrected chi connectivity index (χ3v) is 5.50. The van der Waals surface area contributed by atoms with E-state index in [1.807, 2.05) is 11.9 Å². The number of fused-ring (bicyclic) bond motifs is 1. The van der Waals surface area contributed by atoms with Crippen molar-refractivity contribution >= 4 is 22.9 Å². The number of hydrogen-bond donors (Lipinski definition) is 1. The van der Waals surface area contributed by atoms with Gasteiger partial charge in [-0.15, -0.1) is 0 Å². The van der Waals surface area contributed by atoms with E-state index < -0.39 is 0 Å². The molecule has 1 N–H and O–H groups in total. The van der Waals surface area contributed by atoms with Gasteiger partial charge in [-0.3, -0.25) is 4.79 Å².